The number of nitrogen functional groups attached to an aromatic ring is 1. The van der Waals surface area contributed by atoms with Crippen LogP contribution in [-0.4, -0.2) is 40.9 Å². The summed E-state index contributed by atoms with van der Waals surface area (Å²) >= 11 is 0. The lowest BCUT2D eigenvalue weighted by Crippen LogP contribution is -2.24. The van der Waals surface area contributed by atoms with E-state index >= 15 is 0 Å². The van der Waals surface area contributed by atoms with E-state index in [1.54, 1.807) is 0 Å². The average Bonchev–Trinajstić information content (AvgIpc) is 2.58. The molecule has 0 amide bonds. The van der Waals surface area contributed by atoms with Gasteiger partial charge in [-0.05, 0) is 17.7 Å². The van der Waals surface area contributed by atoms with E-state index in [1.165, 1.54) is 31.4 Å². The van der Waals surface area contributed by atoms with Gasteiger partial charge in [0.15, 0.2) is 11.5 Å². The number of H-pyrrole nitrogens is 1. The van der Waals surface area contributed by atoms with Gasteiger partial charge in [-0.2, -0.15) is 0 Å². The molecular weight excluding hydrogens is 344 g/mol. The van der Waals surface area contributed by atoms with Crippen molar-refractivity contribution in [3.8, 4) is 22.6 Å². The fourth-order valence-electron chi connectivity index (χ4n) is 2.43. The van der Waals surface area contributed by atoms with Gasteiger partial charge in [-0.1, -0.05) is 18.7 Å². The molecule has 0 atom stereocenters. The number of carboxylic acid groups (broad SMARTS) is 2. The normalized spacial score (nSPS) is 10.2. The van der Waals surface area contributed by atoms with Crippen LogP contribution in [0.25, 0.3) is 11.1 Å². The van der Waals surface area contributed by atoms with Gasteiger partial charge in [0.05, 0.1) is 7.11 Å². The largest absolute Gasteiger partial charge is 0.493 e. The Morgan fingerprint density at radius 3 is 2.42 bits per heavy atom. The molecule has 0 aliphatic heterocycles. The third-order valence-corrected chi connectivity index (χ3v) is 3.48. The van der Waals surface area contributed by atoms with Crippen molar-refractivity contribution in [2.45, 2.75) is 0 Å². The second kappa shape index (κ2) is 7.43. The molecule has 9 nitrogen and oxygen atoms in total. The number of aromatic amines is 1. The first-order valence-electron chi connectivity index (χ1n) is 7.26. The topological polar surface area (TPSA) is 152 Å². The summed E-state index contributed by atoms with van der Waals surface area (Å²) in [6.45, 7) is 3.73. The standard InChI is InChI=1S/C17H16N2O7/c1-3-6-26-9-5-4-8(7-10(9)25-2)11-12(16(21)22)14(18)19-15(20)13(11)17(23)24/h3-5,7H,1,6H2,2H3,(H,21,22)(H,23,24)(H3,18,19,20). The van der Waals surface area contributed by atoms with Crippen molar-refractivity contribution in [3.05, 3.63) is 52.3 Å². The summed E-state index contributed by atoms with van der Waals surface area (Å²) < 4.78 is 10.6. The summed E-state index contributed by atoms with van der Waals surface area (Å²) in [5.41, 5.74) is 3.13. The molecule has 0 radical (unpaired) electrons. The first-order valence-corrected chi connectivity index (χ1v) is 7.26. The average molecular weight is 360 g/mol. The maximum atomic E-state index is 12.0. The van der Waals surface area contributed by atoms with Crippen LogP contribution in [0.5, 0.6) is 11.5 Å². The molecule has 1 heterocycles. The zero-order valence-corrected chi connectivity index (χ0v) is 13.7. The van der Waals surface area contributed by atoms with Crippen molar-refractivity contribution in [3.63, 3.8) is 0 Å². The van der Waals surface area contributed by atoms with Crippen molar-refractivity contribution in [1.29, 1.82) is 0 Å². The Morgan fingerprint density at radius 2 is 1.88 bits per heavy atom. The predicted molar refractivity (Wildman–Crippen MR) is 93.1 cm³/mol. The smallest absolute Gasteiger partial charge is 0.342 e. The fraction of sp³-hybridized carbons (Fsp3) is 0.118. The Kier molecular flexibility index (Phi) is 5.31. The van der Waals surface area contributed by atoms with Gasteiger partial charge < -0.3 is 30.4 Å². The minimum atomic E-state index is -1.59. The van der Waals surface area contributed by atoms with Crippen LogP contribution in [0.2, 0.25) is 0 Å². The van der Waals surface area contributed by atoms with E-state index in [9.17, 15) is 24.6 Å². The second-order valence-electron chi connectivity index (χ2n) is 5.07. The van der Waals surface area contributed by atoms with E-state index in [4.69, 9.17) is 15.2 Å². The van der Waals surface area contributed by atoms with Crippen molar-refractivity contribution in [2.24, 2.45) is 0 Å². The van der Waals surface area contributed by atoms with Crippen LogP contribution in [0, 0.1) is 0 Å². The third kappa shape index (κ3) is 3.36. The van der Waals surface area contributed by atoms with Crippen molar-refractivity contribution in [2.75, 3.05) is 19.5 Å². The molecule has 0 spiro atoms. The number of rotatable bonds is 7. The second-order valence-corrected chi connectivity index (χ2v) is 5.07. The molecule has 0 aliphatic carbocycles. The van der Waals surface area contributed by atoms with Crippen LogP contribution in [0.3, 0.4) is 0 Å². The monoisotopic (exact) mass is 360 g/mol. The van der Waals surface area contributed by atoms with Crippen LogP contribution in [0.15, 0.2) is 35.6 Å². The van der Waals surface area contributed by atoms with E-state index in [1.807, 2.05) is 4.98 Å². The highest BCUT2D eigenvalue weighted by Crippen LogP contribution is 2.36. The van der Waals surface area contributed by atoms with E-state index in [0.717, 1.165) is 0 Å². The first kappa shape index (κ1) is 18.6. The number of ether oxygens (including phenoxy) is 2. The number of aromatic nitrogens is 1. The molecule has 2 aromatic rings. The lowest BCUT2D eigenvalue weighted by atomic mass is 9.95. The van der Waals surface area contributed by atoms with E-state index in [-0.39, 0.29) is 23.5 Å². The Balaban J connectivity index is 2.82. The van der Waals surface area contributed by atoms with E-state index in [0.29, 0.717) is 5.75 Å². The Morgan fingerprint density at radius 1 is 1.23 bits per heavy atom. The molecule has 0 unspecified atom stereocenters. The molecular formula is C17H16N2O7. The summed E-state index contributed by atoms with van der Waals surface area (Å²) in [6.07, 6.45) is 1.52. The van der Waals surface area contributed by atoms with Gasteiger partial charge >= 0.3 is 11.9 Å². The van der Waals surface area contributed by atoms with Gasteiger partial charge in [0.1, 0.15) is 23.6 Å². The number of benzene rings is 1. The Bertz CT molecular complexity index is 947. The molecule has 1 aromatic carbocycles. The molecule has 26 heavy (non-hydrogen) atoms. The SMILES string of the molecule is C=CCOc1ccc(-c2c(C(=O)O)c(N)[nH]c(=O)c2C(=O)O)cc1OC. The number of nitrogens with two attached hydrogens (primary N) is 1. The summed E-state index contributed by atoms with van der Waals surface area (Å²) in [5.74, 6) is -2.97. The minimum Gasteiger partial charge on any atom is -0.493 e. The highest BCUT2D eigenvalue weighted by molar-refractivity contribution is 6.07. The van der Waals surface area contributed by atoms with Crippen molar-refractivity contribution < 1.29 is 29.3 Å². The number of anilines is 1. The number of nitrogens with one attached hydrogen (secondary N) is 1. The third-order valence-electron chi connectivity index (χ3n) is 3.48. The number of carbonyl (C=O) groups is 2. The van der Waals surface area contributed by atoms with Gasteiger partial charge in [-0.3, -0.25) is 4.79 Å². The molecule has 0 aliphatic rings. The summed E-state index contributed by atoms with van der Waals surface area (Å²) in [4.78, 5) is 37.2. The van der Waals surface area contributed by atoms with Crippen molar-refractivity contribution >= 4 is 17.8 Å². The molecule has 0 fully saturated rings. The van der Waals surface area contributed by atoms with Crippen LogP contribution < -0.4 is 20.8 Å². The van der Waals surface area contributed by atoms with E-state index < -0.39 is 34.4 Å². The molecule has 9 heteroatoms. The Hall–Kier alpha value is -3.75. The molecule has 2 rings (SSSR count). The number of carboxylic acids is 2. The first-order chi connectivity index (χ1) is 12.3. The number of aromatic carboxylic acids is 2. The highest BCUT2D eigenvalue weighted by atomic mass is 16.5. The maximum Gasteiger partial charge on any atom is 0.342 e. The quantitative estimate of drug-likeness (QED) is 0.543. The lowest BCUT2D eigenvalue weighted by Gasteiger charge is -2.15. The molecule has 136 valence electrons. The van der Waals surface area contributed by atoms with Crippen LogP contribution in [0.4, 0.5) is 5.82 Å². The maximum absolute atomic E-state index is 12.0. The lowest BCUT2D eigenvalue weighted by molar-refractivity contribution is 0.0695. The van der Waals surface area contributed by atoms with E-state index in [2.05, 4.69) is 6.58 Å². The highest BCUT2D eigenvalue weighted by Gasteiger charge is 2.27. The molecule has 0 saturated heterocycles. The summed E-state index contributed by atoms with van der Waals surface area (Å²) in [6, 6.07) is 4.24. The van der Waals surface area contributed by atoms with Crippen LogP contribution >= 0.6 is 0 Å². The van der Waals surface area contributed by atoms with Gasteiger partial charge in [0, 0.05) is 5.56 Å². The number of pyridine rings is 1. The Labute approximate surface area is 147 Å². The zero-order chi connectivity index (χ0) is 19.4. The number of hydrogen-bond acceptors (Lipinski definition) is 6. The molecule has 5 N–H and O–H groups in total. The van der Waals surface area contributed by atoms with Crippen LogP contribution in [-0.2, 0) is 0 Å². The predicted octanol–water partition coefficient (Wildman–Crippen LogP) is 1.59. The number of methoxy groups -OCH3 is 1. The fourth-order valence-corrected chi connectivity index (χ4v) is 2.43. The molecule has 0 saturated carbocycles. The molecule has 1 aromatic heterocycles. The van der Waals surface area contributed by atoms with Gasteiger partial charge in [-0.25, -0.2) is 9.59 Å². The molecule has 0 bridgehead atoms. The van der Waals surface area contributed by atoms with Gasteiger partial charge in [-0.15, -0.1) is 0 Å². The van der Waals surface area contributed by atoms with Crippen molar-refractivity contribution in [1.82, 2.24) is 4.98 Å². The summed E-state index contributed by atoms with van der Waals surface area (Å²) in [7, 11) is 1.36. The minimum absolute atomic E-state index is 0.125. The van der Waals surface area contributed by atoms with Gasteiger partial charge in [0.25, 0.3) is 5.56 Å². The van der Waals surface area contributed by atoms with Crippen LogP contribution in [0.1, 0.15) is 20.7 Å². The summed E-state index contributed by atoms with van der Waals surface area (Å²) in [5, 5.41) is 18.8. The zero-order valence-electron chi connectivity index (χ0n) is 13.7. The van der Waals surface area contributed by atoms with Gasteiger partial charge in [0.2, 0.25) is 0 Å². The number of hydrogen-bond donors (Lipinski definition) is 4.